The lowest BCUT2D eigenvalue weighted by Crippen LogP contribution is -1.90. The zero-order chi connectivity index (χ0) is 8.27. The molecule has 1 rings (SSSR count). The second-order valence-electron chi connectivity index (χ2n) is 2.15. The molecule has 0 aliphatic heterocycles. The molecular weight excluding hydrogens is 140 g/mol. The number of ether oxygens (including phenoxy) is 1. The molecule has 0 fully saturated rings. The predicted octanol–water partition coefficient (Wildman–Crippen LogP) is 1.27. The highest BCUT2D eigenvalue weighted by atomic mass is 16.5. The topological polar surface area (TPSA) is 45.9 Å². The molecule has 0 bridgehead atoms. The molecular formula is C8H8N2O. The monoisotopic (exact) mass is 148 g/mol. The van der Waals surface area contributed by atoms with Gasteiger partial charge in [-0.2, -0.15) is 5.26 Å². The molecule has 3 nitrogen and oxygen atoms in total. The third-order valence-corrected chi connectivity index (χ3v) is 1.40. The highest BCUT2D eigenvalue weighted by molar-refractivity contribution is 5.34. The Balaban J connectivity index is 3.12. The molecule has 3 heteroatoms. The van der Waals surface area contributed by atoms with Gasteiger partial charge in [0.05, 0.1) is 13.3 Å². The number of methoxy groups -OCH3 is 1. The summed E-state index contributed by atoms with van der Waals surface area (Å²) in [5.41, 5.74) is 1.35. The van der Waals surface area contributed by atoms with Crippen LogP contribution in [0.3, 0.4) is 0 Å². The van der Waals surface area contributed by atoms with Gasteiger partial charge in [0.15, 0.2) is 0 Å². The van der Waals surface area contributed by atoms with Crippen LogP contribution in [0.15, 0.2) is 12.3 Å². The van der Waals surface area contributed by atoms with Crippen LogP contribution in [-0.2, 0) is 0 Å². The van der Waals surface area contributed by atoms with Crippen LogP contribution in [0.5, 0.6) is 5.75 Å². The average Bonchev–Trinajstić information content (AvgIpc) is 2.04. The van der Waals surface area contributed by atoms with Crippen molar-refractivity contribution in [1.82, 2.24) is 4.98 Å². The van der Waals surface area contributed by atoms with Crippen molar-refractivity contribution in [2.45, 2.75) is 6.92 Å². The largest absolute Gasteiger partial charge is 0.495 e. The fourth-order valence-electron chi connectivity index (χ4n) is 0.818. The molecule has 0 saturated heterocycles. The van der Waals surface area contributed by atoms with E-state index in [0.717, 1.165) is 5.56 Å². The standard InChI is InChI=1S/C8H8N2O/c1-6-3-7(4-9)10-5-8(6)11-2/h3,5H,1-2H3. The quantitative estimate of drug-likeness (QED) is 0.602. The van der Waals surface area contributed by atoms with Gasteiger partial charge in [0.25, 0.3) is 0 Å². The molecule has 0 aliphatic rings. The van der Waals surface area contributed by atoms with E-state index in [1.165, 1.54) is 0 Å². The van der Waals surface area contributed by atoms with Crippen molar-refractivity contribution < 1.29 is 4.74 Å². The molecule has 0 N–H and O–H groups in total. The number of rotatable bonds is 1. The van der Waals surface area contributed by atoms with Crippen LogP contribution in [0.4, 0.5) is 0 Å². The van der Waals surface area contributed by atoms with Gasteiger partial charge in [0, 0.05) is 0 Å². The number of aryl methyl sites for hydroxylation is 1. The molecule has 0 radical (unpaired) electrons. The van der Waals surface area contributed by atoms with Crippen molar-refractivity contribution in [1.29, 1.82) is 5.26 Å². The SMILES string of the molecule is COc1cnc(C#N)cc1C. The van der Waals surface area contributed by atoms with E-state index in [1.807, 2.05) is 13.0 Å². The fraction of sp³-hybridized carbons (Fsp3) is 0.250. The summed E-state index contributed by atoms with van der Waals surface area (Å²) < 4.78 is 4.97. The van der Waals surface area contributed by atoms with Crippen LogP contribution >= 0.6 is 0 Å². The summed E-state index contributed by atoms with van der Waals surface area (Å²) in [5.74, 6) is 0.712. The Morgan fingerprint density at radius 1 is 1.64 bits per heavy atom. The summed E-state index contributed by atoms with van der Waals surface area (Å²) in [5, 5.41) is 8.47. The molecule has 0 unspecified atom stereocenters. The summed E-state index contributed by atoms with van der Waals surface area (Å²) in [7, 11) is 1.58. The Hall–Kier alpha value is -1.56. The van der Waals surface area contributed by atoms with E-state index in [2.05, 4.69) is 4.98 Å². The van der Waals surface area contributed by atoms with Crippen LogP contribution in [0.2, 0.25) is 0 Å². The van der Waals surface area contributed by atoms with Crippen LogP contribution in [0.1, 0.15) is 11.3 Å². The van der Waals surface area contributed by atoms with Gasteiger partial charge in [0.2, 0.25) is 0 Å². The molecule has 0 amide bonds. The van der Waals surface area contributed by atoms with Gasteiger partial charge in [-0.3, -0.25) is 0 Å². The van der Waals surface area contributed by atoms with E-state index in [0.29, 0.717) is 11.4 Å². The zero-order valence-electron chi connectivity index (χ0n) is 6.46. The number of hydrogen-bond acceptors (Lipinski definition) is 3. The zero-order valence-corrected chi connectivity index (χ0v) is 6.46. The highest BCUT2D eigenvalue weighted by Crippen LogP contribution is 2.15. The van der Waals surface area contributed by atoms with E-state index in [4.69, 9.17) is 10.00 Å². The second kappa shape index (κ2) is 3.02. The number of nitriles is 1. The lowest BCUT2D eigenvalue weighted by molar-refractivity contribution is 0.409. The summed E-state index contributed by atoms with van der Waals surface area (Å²) in [6, 6.07) is 3.65. The van der Waals surface area contributed by atoms with Gasteiger partial charge in [0.1, 0.15) is 17.5 Å². The van der Waals surface area contributed by atoms with Crippen molar-refractivity contribution >= 4 is 0 Å². The minimum Gasteiger partial charge on any atom is -0.495 e. The Labute approximate surface area is 65.3 Å². The maximum absolute atomic E-state index is 8.47. The third-order valence-electron chi connectivity index (χ3n) is 1.40. The molecule has 56 valence electrons. The van der Waals surface area contributed by atoms with E-state index in [1.54, 1.807) is 19.4 Å². The first kappa shape index (κ1) is 7.55. The van der Waals surface area contributed by atoms with Crippen LogP contribution in [0, 0.1) is 18.3 Å². The molecule has 0 atom stereocenters. The smallest absolute Gasteiger partial charge is 0.140 e. The molecule has 0 spiro atoms. The Morgan fingerprint density at radius 2 is 2.36 bits per heavy atom. The van der Waals surface area contributed by atoms with Gasteiger partial charge >= 0.3 is 0 Å². The van der Waals surface area contributed by atoms with Crippen molar-refractivity contribution in [2.24, 2.45) is 0 Å². The molecule has 1 heterocycles. The molecule has 0 aromatic carbocycles. The first-order valence-corrected chi connectivity index (χ1v) is 3.18. The predicted molar refractivity (Wildman–Crippen MR) is 40.2 cm³/mol. The van der Waals surface area contributed by atoms with Crippen molar-refractivity contribution in [2.75, 3.05) is 7.11 Å². The van der Waals surface area contributed by atoms with Crippen molar-refractivity contribution in [3.05, 3.63) is 23.5 Å². The van der Waals surface area contributed by atoms with Crippen LogP contribution < -0.4 is 4.74 Å². The maximum atomic E-state index is 8.47. The second-order valence-corrected chi connectivity index (χ2v) is 2.15. The highest BCUT2D eigenvalue weighted by Gasteiger charge is 1.98. The van der Waals surface area contributed by atoms with Crippen molar-refractivity contribution in [3.8, 4) is 11.8 Å². The van der Waals surface area contributed by atoms with E-state index < -0.39 is 0 Å². The average molecular weight is 148 g/mol. The van der Waals surface area contributed by atoms with Gasteiger partial charge in [-0.15, -0.1) is 0 Å². The maximum Gasteiger partial charge on any atom is 0.140 e. The summed E-state index contributed by atoms with van der Waals surface area (Å²) in [6.07, 6.45) is 1.55. The van der Waals surface area contributed by atoms with Gasteiger partial charge in [-0.25, -0.2) is 4.98 Å². The first-order valence-electron chi connectivity index (χ1n) is 3.18. The van der Waals surface area contributed by atoms with Gasteiger partial charge in [-0.05, 0) is 18.6 Å². The number of aromatic nitrogens is 1. The Morgan fingerprint density at radius 3 is 2.82 bits per heavy atom. The summed E-state index contributed by atoms with van der Waals surface area (Å²) >= 11 is 0. The molecule has 0 saturated carbocycles. The normalized spacial score (nSPS) is 8.82. The lowest BCUT2D eigenvalue weighted by atomic mass is 10.2. The fourth-order valence-corrected chi connectivity index (χ4v) is 0.818. The minimum absolute atomic E-state index is 0.420. The van der Waals surface area contributed by atoms with Crippen LogP contribution in [0.25, 0.3) is 0 Å². The van der Waals surface area contributed by atoms with Crippen LogP contribution in [-0.4, -0.2) is 12.1 Å². The first-order chi connectivity index (χ1) is 5.27. The van der Waals surface area contributed by atoms with E-state index >= 15 is 0 Å². The molecule has 0 aliphatic carbocycles. The van der Waals surface area contributed by atoms with Crippen molar-refractivity contribution in [3.63, 3.8) is 0 Å². The lowest BCUT2D eigenvalue weighted by Gasteiger charge is -2.01. The summed E-state index contributed by atoms with van der Waals surface area (Å²) in [6.45, 7) is 1.88. The Kier molecular flexibility index (Phi) is 2.07. The third kappa shape index (κ3) is 1.47. The number of hydrogen-bond donors (Lipinski definition) is 0. The van der Waals surface area contributed by atoms with Gasteiger partial charge < -0.3 is 4.74 Å². The molecule has 11 heavy (non-hydrogen) atoms. The van der Waals surface area contributed by atoms with E-state index in [-0.39, 0.29) is 0 Å². The number of pyridine rings is 1. The molecule has 1 aromatic heterocycles. The molecule has 1 aromatic rings. The minimum atomic E-state index is 0.420. The summed E-state index contributed by atoms with van der Waals surface area (Å²) in [4.78, 5) is 3.84. The Bertz CT molecular complexity index is 301. The van der Waals surface area contributed by atoms with E-state index in [9.17, 15) is 0 Å². The number of nitrogens with zero attached hydrogens (tertiary/aromatic N) is 2. The van der Waals surface area contributed by atoms with Gasteiger partial charge in [-0.1, -0.05) is 0 Å².